The molecule has 1 heterocycles. The van der Waals surface area contributed by atoms with E-state index in [2.05, 4.69) is 31.2 Å². The third kappa shape index (κ3) is 4.28. The average Bonchev–Trinajstić information content (AvgIpc) is 2.58. The lowest BCUT2D eigenvalue weighted by Gasteiger charge is -2.29. The first-order valence-electron chi connectivity index (χ1n) is 7.70. The van der Waals surface area contributed by atoms with Crippen LogP contribution in [0.4, 0.5) is 0 Å². The number of rotatable bonds is 4. The van der Waals surface area contributed by atoms with Crippen molar-refractivity contribution in [2.45, 2.75) is 37.8 Å². The molecular weight excluding hydrogens is 358 g/mol. The highest BCUT2D eigenvalue weighted by atomic mass is 79.9. The number of aromatic nitrogens is 2. The van der Waals surface area contributed by atoms with Crippen molar-refractivity contribution in [2.24, 2.45) is 0 Å². The second-order valence-electron chi connectivity index (χ2n) is 5.59. The van der Waals surface area contributed by atoms with E-state index in [-0.39, 0.29) is 18.1 Å². The van der Waals surface area contributed by atoms with E-state index in [0.29, 0.717) is 11.4 Å². The second kappa shape index (κ2) is 7.55. The quantitative estimate of drug-likeness (QED) is 0.889. The molecule has 0 atom stereocenters. The fourth-order valence-electron chi connectivity index (χ4n) is 2.75. The summed E-state index contributed by atoms with van der Waals surface area (Å²) in [7, 11) is 0. The van der Waals surface area contributed by atoms with Gasteiger partial charge in [0.05, 0.1) is 11.8 Å². The minimum Gasteiger partial charge on any atom is -0.473 e. The molecular formula is C17H18BrN3O2. The van der Waals surface area contributed by atoms with Crippen LogP contribution in [0.1, 0.15) is 36.0 Å². The highest BCUT2D eigenvalue weighted by Gasteiger charge is 2.24. The van der Waals surface area contributed by atoms with Crippen molar-refractivity contribution in [2.75, 3.05) is 0 Å². The van der Waals surface area contributed by atoms with Gasteiger partial charge in [-0.15, -0.1) is 0 Å². The van der Waals surface area contributed by atoms with Crippen molar-refractivity contribution in [3.8, 4) is 5.88 Å². The highest BCUT2D eigenvalue weighted by molar-refractivity contribution is 9.10. The Morgan fingerprint density at radius 1 is 1.17 bits per heavy atom. The number of nitrogens with zero attached hydrogens (tertiary/aromatic N) is 2. The number of halogens is 1. The summed E-state index contributed by atoms with van der Waals surface area (Å²) in [6.07, 6.45) is 8.63. The Balaban J connectivity index is 1.49. The topological polar surface area (TPSA) is 64.1 Å². The maximum atomic E-state index is 12.3. The van der Waals surface area contributed by atoms with Gasteiger partial charge in [-0.2, -0.15) is 0 Å². The van der Waals surface area contributed by atoms with Gasteiger partial charge in [-0.3, -0.25) is 9.78 Å². The first-order chi connectivity index (χ1) is 11.2. The molecule has 1 N–H and O–H groups in total. The van der Waals surface area contributed by atoms with Crippen LogP contribution >= 0.6 is 15.9 Å². The zero-order chi connectivity index (χ0) is 16.1. The summed E-state index contributed by atoms with van der Waals surface area (Å²) < 4.78 is 6.64. The minimum absolute atomic E-state index is 0.0317. The van der Waals surface area contributed by atoms with Crippen LogP contribution in [0.5, 0.6) is 5.88 Å². The summed E-state index contributed by atoms with van der Waals surface area (Å²) in [5, 5.41) is 3.11. The van der Waals surface area contributed by atoms with Crippen molar-refractivity contribution in [3.63, 3.8) is 0 Å². The number of hydrogen-bond donors (Lipinski definition) is 1. The van der Waals surface area contributed by atoms with Gasteiger partial charge in [0.1, 0.15) is 6.10 Å². The monoisotopic (exact) mass is 375 g/mol. The van der Waals surface area contributed by atoms with Gasteiger partial charge in [-0.25, -0.2) is 4.98 Å². The summed E-state index contributed by atoms with van der Waals surface area (Å²) in [6, 6.07) is 7.65. The molecule has 2 aromatic rings. The van der Waals surface area contributed by atoms with E-state index in [4.69, 9.17) is 4.74 Å². The number of ether oxygens (including phenoxy) is 1. The van der Waals surface area contributed by atoms with Crippen LogP contribution < -0.4 is 10.1 Å². The van der Waals surface area contributed by atoms with Crippen LogP contribution in [0.15, 0.2) is 47.3 Å². The molecule has 23 heavy (non-hydrogen) atoms. The van der Waals surface area contributed by atoms with Gasteiger partial charge in [-0.05, 0) is 53.7 Å². The van der Waals surface area contributed by atoms with Gasteiger partial charge in [-0.1, -0.05) is 12.1 Å². The molecule has 0 bridgehead atoms. The van der Waals surface area contributed by atoms with Gasteiger partial charge in [0.25, 0.3) is 5.91 Å². The van der Waals surface area contributed by atoms with E-state index in [9.17, 15) is 4.79 Å². The Kier molecular flexibility index (Phi) is 5.23. The number of carbonyl (C=O) groups is 1. The molecule has 3 rings (SSSR count). The van der Waals surface area contributed by atoms with Crippen LogP contribution in [0.25, 0.3) is 0 Å². The Labute approximate surface area is 143 Å². The standard InChI is InChI=1S/C17H18BrN3O2/c18-15-4-2-1-3-14(15)17(22)21-12-5-7-13(8-6-12)23-16-11-19-9-10-20-16/h1-4,9-13H,5-8H2,(H,21,22). The van der Waals surface area contributed by atoms with Crippen molar-refractivity contribution in [3.05, 3.63) is 52.9 Å². The molecule has 120 valence electrons. The summed E-state index contributed by atoms with van der Waals surface area (Å²) in [5.41, 5.74) is 0.672. The van der Waals surface area contributed by atoms with Crippen LogP contribution in [0.2, 0.25) is 0 Å². The molecule has 1 fully saturated rings. The predicted molar refractivity (Wildman–Crippen MR) is 90.3 cm³/mol. The highest BCUT2D eigenvalue weighted by Crippen LogP contribution is 2.23. The van der Waals surface area contributed by atoms with Crippen molar-refractivity contribution >= 4 is 21.8 Å². The molecule has 1 aliphatic carbocycles. The zero-order valence-corrected chi connectivity index (χ0v) is 14.2. The summed E-state index contributed by atoms with van der Waals surface area (Å²) in [4.78, 5) is 20.4. The maximum Gasteiger partial charge on any atom is 0.252 e. The van der Waals surface area contributed by atoms with Gasteiger partial charge in [0.2, 0.25) is 5.88 Å². The molecule has 1 amide bonds. The molecule has 1 saturated carbocycles. The van der Waals surface area contributed by atoms with Gasteiger partial charge in [0.15, 0.2) is 0 Å². The first kappa shape index (κ1) is 15.9. The SMILES string of the molecule is O=C(NC1CCC(Oc2cnccn2)CC1)c1ccccc1Br. The molecule has 1 aromatic heterocycles. The summed E-state index contributed by atoms with van der Waals surface area (Å²) in [6.45, 7) is 0. The number of nitrogens with one attached hydrogen (secondary N) is 1. The number of carbonyl (C=O) groups excluding carboxylic acids is 1. The summed E-state index contributed by atoms with van der Waals surface area (Å²) in [5.74, 6) is 0.531. The Morgan fingerprint density at radius 3 is 2.65 bits per heavy atom. The molecule has 0 aliphatic heterocycles. The first-order valence-corrected chi connectivity index (χ1v) is 8.50. The van der Waals surface area contributed by atoms with Crippen LogP contribution in [0, 0.1) is 0 Å². The third-order valence-electron chi connectivity index (χ3n) is 3.95. The van der Waals surface area contributed by atoms with E-state index in [1.165, 1.54) is 0 Å². The molecule has 5 nitrogen and oxygen atoms in total. The predicted octanol–water partition coefficient (Wildman–Crippen LogP) is 3.36. The Hall–Kier alpha value is -1.95. The molecule has 0 radical (unpaired) electrons. The minimum atomic E-state index is -0.0317. The molecule has 0 unspecified atom stereocenters. The van der Waals surface area contributed by atoms with E-state index in [1.807, 2.05) is 24.3 Å². The second-order valence-corrected chi connectivity index (χ2v) is 6.44. The van der Waals surface area contributed by atoms with Gasteiger partial charge >= 0.3 is 0 Å². The fraction of sp³-hybridized carbons (Fsp3) is 0.353. The normalized spacial score (nSPS) is 20.7. The Morgan fingerprint density at radius 2 is 1.96 bits per heavy atom. The lowest BCUT2D eigenvalue weighted by molar-refractivity contribution is 0.0889. The summed E-state index contributed by atoms with van der Waals surface area (Å²) >= 11 is 3.41. The molecule has 1 aliphatic rings. The van der Waals surface area contributed by atoms with Gasteiger partial charge in [0, 0.05) is 22.9 Å². The van der Waals surface area contributed by atoms with Crippen molar-refractivity contribution < 1.29 is 9.53 Å². The molecule has 6 heteroatoms. The van der Waals surface area contributed by atoms with E-state index in [1.54, 1.807) is 18.6 Å². The van der Waals surface area contributed by atoms with Crippen LogP contribution in [-0.4, -0.2) is 28.0 Å². The van der Waals surface area contributed by atoms with Crippen LogP contribution in [-0.2, 0) is 0 Å². The largest absolute Gasteiger partial charge is 0.473 e. The number of hydrogen-bond acceptors (Lipinski definition) is 4. The smallest absolute Gasteiger partial charge is 0.252 e. The molecule has 0 saturated heterocycles. The zero-order valence-electron chi connectivity index (χ0n) is 12.6. The van der Waals surface area contributed by atoms with Crippen molar-refractivity contribution in [1.29, 1.82) is 0 Å². The third-order valence-corrected chi connectivity index (χ3v) is 4.65. The molecule has 1 aromatic carbocycles. The average molecular weight is 376 g/mol. The van der Waals surface area contributed by atoms with E-state index < -0.39 is 0 Å². The molecule has 0 spiro atoms. The van der Waals surface area contributed by atoms with E-state index >= 15 is 0 Å². The number of benzene rings is 1. The number of amides is 1. The lowest BCUT2D eigenvalue weighted by atomic mass is 9.92. The fourth-order valence-corrected chi connectivity index (χ4v) is 3.22. The van der Waals surface area contributed by atoms with Crippen LogP contribution in [0.3, 0.4) is 0 Å². The van der Waals surface area contributed by atoms with Crippen molar-refractivity contribution in [1.82, 2.24) is 15.3 Å². The van der Waals surface area contributed by atoms with E-state index in [0.717, 1.165) is 30.2 Å². The van der Waals surface area contributed by atoms with Gasteiger partial charge < -0.3 is 10.1 Å². The Bertz CT molecular complexity index is 658. The maximum absolute atomic E-state index is 12.3. The lowest BCUT2D eigenvalue weighted by Crippen LogP contribution is -2.39.